The van der Waals surface area contributed by atoms with Crippen LogP contribution in [0.2, 0.25) is 0 Å². The number of pyridine rings is 1. The van der Waals surface area contributed by atoms with Crippen molar-refractivity contribution in [2.24, 2.45) is 0 Å². The predicted octanol–water partition coefficient (Wildman–Crippen LogP) is 5.45. The van der Waals surface area contributed by atoms with E-state index in [1.54, 1.807) is 6.20 Å². The first kappa shape index (κ1) is 20.6. The molecule has 35 heavy (non-hydrogen) atoms. The zero-order valence-electron chi connectivity index (χ0n) is 19.9. The van der Waals surface area contributed by atoms with Crippen LogP contribution >= 0.6 is 0 Å². The normalized spacial score (nSPS) is 20.1. The molecule has 6 heteroatoms. The van der Waals surface area contributed by atoms with Gasteiger partial charge in [-0.15, -0.1) is 0 Å². The first-order valence-electron chi connectivity index (χ1n) is 12.5. The van der Waals surface area contributed by atoms with Crippen LogP contribution in [0.5, 0.6) is 0 Å². The molecule has 2 aromatic carbocycles. The summed E-state index contributed by atoms with van der Waals surface area (Å²) in [5, 5.41) is 1.15. The number of hydrogen-bond acceptors (Lipinski definition) is 5. The van der Waals surface area contributed by atoms with Crippen molar-refractivity contribution in [1.82, 2.24) is 24.3 Å². The summed E-state index contributed by atoms with van der Waals surface area (Å²) in [5.41, 5.74) is 13.5. The maximum atomic E-state index is 6.41. The molecule has 1 aliphatic carbocycles. The standard InChI is InChI=1S/C29H28N6/c1-18-14-24(19-6-3-2-4-7-19)32-25-17-20(8-9-23(18)25)26-27-28(30)31-10-13-35(27)29(33-26)21-15-22(16-21)34-11-5-12-34/h2-4,6-10,13-14,17,21-22H,5,11-12,15-16H2,1H3,(H2,30,31). The zero-order chi connectivity index (χ0) is 23.5. The molecule has 0 radical (unpaired) electrons. The molecule has 4 heterocycles. The van der Waals surface area contributed by atoms with Gasteiger partial charge in [0, 0.05) is 40.9 Å². The van der Waals surface area contributed by atoms with E-state index in [9.17, 15) is 0 Å². The average molecular weight is 461 g/mol. The van der Waals surface area contributed by atoms with E-state index in [0.29, 0.717) is 17.8 Å². The summed E-state index contributed by atoms with van der Waals surface area (Å²) >= 11 is 0. The lowest BCUT2D eigenvalue weighted by molar-refractivity contribution is 0.0520. The fraction of sp³-hybridized carbons (Fsp3) is 0.276. The summed E-state index contributed by atoms with van der Waals surface area (Å²) in [5.74, 6) is 2.07. The predicted molar refractivity (Wildman–Crippen MR) is 140 cm³/mol. The van der Waals surface area contributed by atoms with Crippen molar-refractivity contribution < 1.29 is 0 Å². The second-order valence-corrected chi connectivity index (χ2v) is 9.98. The average Bonchev–Trinajstić information content (AvgIpc) is 3.20. The molecule has 0 unspecified atom stereocenters. The summed E-state index contributed by atoms with van der Waals surface area (Å²) in [6.45, 7) is 4.64. The molecule has 0 amide bonds. The summed E-state index contributed by atoms with van der Waals surface area (Å²) < 4.78 is 2.16. The Labute approximate surface area is 204 Å². The van der Waals surface area contributed by atoms with Gasteiger partial charge in [-0.05, 0) is 57.0 Å². The van der Waals surface area contributed by atoms with Gasteiger partial charge in [-0.2, -0.15) is 0 Å². The molecule has 2 aliphatic rings. The second kappa shape index (κ2) is 7.89. The van der Waals surface area contributed by atoms with Crippen LogP contribution in [0.1, 0.15) is 36.6 Å². The van der Waals surface area contributed by atoms with Crippen LogP contribution in [0, 0.1) is 6.92 Å². The third kappa shape index (κ3) is 3.32. The zero-order valence-corrected chi connectivity index (χ0v) is 19.9. The van der Waals surface area contributed by atoms with Crippen molar-refractivity contribution in [3.05, 3.63) is 78.4 Å². The molecule has 2 N–H and O–H groups in total. The monoisotopic (exact) mass is 460 g/mol. The van der Waals surface area contributed by atoms with Crippen molar-refractivity contribution in [3.8, 4) is 22.5 Å². The smallest absolute Gasteiger partial charge is 0.150 e. The number of benzene rings is 2. The van der Waals surface area contributed by atoms with E-state index in [1.807, 2.05) is 12.3 Å². The molecule has 0 bridgehead atoms. The van der Waals surface area contributed by atoms with Gasteiger partial charge < -0.3 is 10.6 Å². The molecular weight excluding hydrogens is 432 g/mol. The molecular formula is C29H28N6. The SMILES string of the molecule is Cc1cc(-c2ccccc2)nc2cc(-c3nc(C4CC(N5CCC5)C4)n4ccnc(N)c34)ccc12. The number of imidazole rings is 1. The maximum Gasteiger partial charge on any atom is 0.150 e. The fourth-order valence-electron chi connectivity index (χ4n) is 5.69. The number of likely N-dealkylation sites (tertiary alicyclic amines) is 1. The van der Waals surface area contributed by atoms with Crippen molar-refractivity contribution in [1.29, 1.82) is 0 Å². The molecule has 7 rings (SSSR count). The first-order chi connectivity index (χ1) is 17.2. The van der Waals surface area contributed by atoms with E-state index in [0.717, 1.165) is 44.8 Å². The molecule has 174 valence electrons. The highest BCUT2D eigenvalue weighted by Gasteiger charge is 2.39. The maximum absolute atomic E-state index is 6.41. The van der Waals surface area contributed by atoms with Crippen molar-refractivity contribution in [2.45, 2.75) is 38.1 Å². The van der Waals surface area contributed by atoms with Crippen molar-refractivity contribution >= 4 is 22.2 Å². The van der Waals surface area contributed by atoms with Gasteiger partial charge in [-0.25, -0.2) is 15.0 Å². The highest BCUT2D eigenvalue weighted by Crippen LogP contribution is 2.43. The third-order valence-electron chi connectivity index (χ3n) is 7.86. The molecule has 3 aromatic heterocycles. The minimum Gasteiger partial charge on any atom is -0.382 e. The Morgan fingerprint density at radius 2 is 1.77 bits per heavy atom. The molecule has 1 saturated heterocycles. The van der Waals surface area contributed by atoms with E-state index in [-0.39, 0.29) is 0 Å². The third-order valence-corrected chi connectivity index (χ3v) is 7.86. The largest absolute Gasteiger partial charge is 0.382 e. The minimum absolute atomic E-state index is 0.453. The van der Waals surface area contributed by atoms with E-state index >= 15 is 0 Å². The number of aryl methyl sites for hydroxylation is 1. The van der Waals surface area contributed by atoms with Crippen molar-refractivity contribution in [2.75, 3.05) is 18.8 Å². The molecule has 2 fully saturated rings. The van der Waals surface area contributed by atoms with Gasteiger partial charge in [0.05, 0.1) is 11.2 Å². The van der Waals surface area contributed by atoms with Gasteiger partial charge in [0.1, 0.15) is 22.9 Å². The van der Waals surface area contributed by atoms with Gasteiger partial charge in [0.25, 0.3) is 0 Å². The highest BCUT2D eigenvalue weighted by atomic mass is 15.2. The number of nitrogen functional groups attached to an aromatic ring is 1. The van der Waals surface area contributed by atoms with Gasteiger partial charge in [0.2, 0.25) is 0 Å². The Kier molecular flexibility index (Phi) is 4.64. The molecule has 6 nitrogen and oxygen atoms in total. The number of nitrogens with zero attached hydrogens (tertiary/aromatic N) is 5. The van der Waals surface area contributed by atoms with Gasteiger partial charge in [-0.1, -0.05) is 42.5 Å². The Balaban J connectivity index is 1.33. The number of aromatic nitrogens is 4. The van der Waals surface area contributed by atoms with Crippen LogP contribution in [0.4, 0.5) is 5.82 Å². The number of nitrogens with two attached hydrogens (primary N) is 1. The lowest BCUT2D eigenvalue weighted by Gasteiger charge is -2.46. The fourth-order valence-corrected chi connectivity index (χ4v) is 5.69. The van der Waals surface area contributed by atoms with E-state index in [2.05, 4.69) is 69.7 Å². The summed E-state index contributed by atoms with van der Waals surface area (Å²) in [7, 11) is 0. The first-order valence-corrected chi connectivity index (χ1v) is 12.5. The van der Waals surface area contributed by atoms with Crippen LogP contribution in [0.25, 0.3) is 38.9 Å². The number of hydrogen-bond donors (Lipinski definition) is 1. The Morgan fingerprint density at radius 3 is 2.54 bits per heavy atom. The molecule has 1 aliphatic heterocycles. The topological polar surface area (TPSA) is 72.3 Å². The van der Waals surface area contributed by atoms with Gasteiger partial charge >= 0.3 is 0 Å². The Morgan fingerprint density at radius 1 is 0.943 bits per heavy atom. The summed E-state index contributed by atoms with van der Waals surface area (Å²) in [6.07, 6.45) is 7.45. The highest BCUT2D eigenvalue weighted by molar-refractivity contribution is 5.92. The molecule has 0 spiro atoms. The Bertz CT molecular complexity index is 1560. The lowest BCUT2D eigenvalue weighted by atomic mass is 9.77. The number of fused-ring (bicyclic) bond motifs is 2. The molecule has 5 aromatic rings. The summed E-state index contributed by atoms with van der Waals surface area (Å²) in [6, 6.07) is 19.6. The number of anilines is 1. The number of rotatable bonds is 4. The molecule has 0 atom stereocenters. The van der Waals surface area contributed by atoms with Crippen LogP contribution in [-0.4, -0.2) is 43.4 Å². The van der Waals surface area contributed by atoms with Crippen LogP contribution < -0.4 is 5.73 Å². The van der Waals surface area contributed by atoms with Crippen LogP contribution in [0.3, 0.4) is 0 Å². The quantitative estimate of drug-likeness (QED) is 0.386. The Hall–Kier alpha value is -3.77. The van der Waals surface area contributed by atoms with Crippen LogP contribution in [-0.2, 0) is 0 Å². The van der Waals surface area contributed by atoms with Gasteiger partial charge in [-0.3, -0.25) is 4.40 Å². The van der Waals surface area contributed by atoms with E-state index in [4.69, 9.17) is 15.7 Å². The van der Waals surface area contributed by atoms with Crippen LogP contribution in [0.15, 0.2) is 67.0 Å². The summed E-state index contributed by atoms with van der Waals surface area (Å²) in [4.78, 5) is 17.2. The lowest BCUT2D eigenvalue weighted by Crippen LogP contribution is -2.50. The minimum atomic E-state index is 0.453. The van der Waals surface area contributed by atoms with E-state index < -0.39 is 0 Å². The molecule has 1 saturated carbocycles. The second-order valence-electron chi connectivity index (χ2n) is 9.98. The van der Waals surface area contributed by atoms with Gasteiger partial charge in [0.15, 0.2) is 0 Å². The van der Waals surface area contributed by atoms with E-state index in [1.165, 1.54) is 37.9 Å². The van der Waals surface area contributed by atoms with Crippen molar-refractivity contribution in [3.63, 3.8) is 0 Å².